The number of ether oxygens (including phenoxy) is 1. The summed E-state index contributed by atoms with van der Waals surface area (Å²) in [5.41, 5.74) is 9.87. The predicted molar refractivity (Wildman–Crippen MR) is 199 cm³/mol. The van der Waals surface area contributed by atoms with Crippen LogP contribution in [-0.2, 0) is 22.6 Å². The Bertz CT molecular complexity index is 1590. The van der Waals surface area contributed by atoms with Crippen molar-refractivity contribution in [3.8, 4) is 5.75 Å². The van der Waals surface area contributed by atoms with Crippen molar-refractivity contribution >= 4 is 19.6 Å². The van der Waals surface area contributed by atoms with Crippen molar-refractivity contribution < 1.29 is 4.74 Å². The standard InChI is InChI=1S/C42H54NOP/c1-11-12-26-42(9,45-39-30(2)20-19-25-34(39)37(43-10)32-23-17-14-18-24-32)36-28-33(40(3,4)5)27-35(41(6,7)8)38(36)44-29-31-21-15-13-16-22-31/h13-25,27-28,45H,11-12,26,29H2,1-10H3. The van der Waals surface area contributed by atoms with Crippen LogP contribution in [0.4, 0.5) is 0 Å². The molecule has 0 bridgehead atoms. The second-order valence-corrected chi connectivity index (χ2v) is 16.5. The minimum Gasteiger partial charge on any atom is -0.488 e. The van der Waals surface area contributed by atoms with Gasteiger partial charge in [0, 0.05) is 34.5 Å². The summed E-state index contributed by atoms with van der Waals surface area (Å²) < 4.78 is 6.99. The molecule has 0 amide bonds. The molecule has 0 aliphatic heterocycles. The molecular formula is C42H54NOP. The predicted octanol–water partition coefficient (Wildman–Crippen LogP) is 11.0. The number of aryl methyl sites for hydroxylation is 1. The molecular weight excluding hydrogens is 565 g/mol. The quantitative estimate of drug-likeness (QED) is 0.121. The Hall–Kier alpha value is -3.22. The van der Waals surface area contributed by atoms with Crippen LogP contribution in [0.15, 0.2) is 96.0 Å². The molecule has 0 aliphatic carbocycles. The van der Waals surface area contributed by atoms with Gasteiger partial charge in [0.15, 0.2) is 0 Å². The lowest BCUT2D eigenvalue weighted by Crippen LogP contribution is -2.27. The average Bonchev–Trinajstić information content (AvgIpc) is 3.00. The topological polar surface area (TPSA) is 21.6 Å². The molecule has 0 saturated heterocycles. The van der Waals surface area contributed by atoms with E-state index in [9.17, 15) is 0 Å². The zero-order valence-electron chi connectivity index (χ0n) is 29.3. The normalized spacial score (nSPS) is 14.1. The minimum absolute atomic E-state index is 0.00462. The third kappa shape index (κ3) is 8.33. The fourth-order valence-corrected chi connectivity index (χ4v) is 7.81. The Morgan fingerprint density at radius 2 is 1.38 bits per heavy atom. The summed E-state index contributed by atoms with van der Waals surface area (Å²) >= 11 is 0. The van der Waals surface area contributed by atoms with Gasteiger partial charge in [-0.05, 0) is 46.2 Å². The Morgan fingerprint density at radius 1 is 0.756 bits per heavy atom. The Kier molecular flexibility index (Phi) is 11.1. The molecule has 0 fully saturated rings. The molecule has 0 spiro atoms. The van der Waals surface area contributed by atoms with Crippen LogP contribution in [0.2, 0.25) is 0 Å². The third-order valence-corrected chi connectivity index (χ3v) is 10.8. The van der Waals surface area contributed by atoms with Crippen molar-refractivity contribution in [1.82, 2.24) is 0 Å². The maximum Gasteiger partial charge on any atom is 0.127 e. The summed E-state index contributed by atoms with van der Waals surface area (Å²) in [6, 6.07) is 32.8. The van der Waals surface area contributed by atoms with Gasteiger partial charge < -0.3 is 4.74 Å². The van der Waals surface area contributed by atoms with Crippen LogP contribution in [0.25, 0.3) is 0 Å². The summed E-state index contributed by atoms with van der Waals surface area (Å²) in [4.78, 5) is 4.87. The first-order valence-electron chi connectivity index (χ1n) is 16.5. The van der Waals surface area contributed by atoms with Crippen LogP contribution in [0.3, 0.4) is 0 Å². The van der Waals surface area contributed by atoms with Gasteiger partial charge in [0.25, 0.3) is 0 Å². The van der Waals surface area contributed by atoms with Crippen molar-refractivity contribution in [3.05, 3.63) is 130 Å². The van der Waals surface area contributed by atoms with Crippen molar-refractivity contribution in [1.29, 1.82) is 0 Å². The van der Waals surface area contributed by atoms with Gasteiger partial charge in [-0.25, -0.2) is 0 Å². The van der Waals surface area contributed by atoms with Crippen LogP contribution in [0.5, 0.6) is 5.75 Å². The fourth-order valence-electron chi connectivity index (χ4n) is 6.02. The first-order valence-corrected chi connectivity index (χ1v) is 17.5. The van der Waals surface area contributed by atoms with Crippen LogP contribution in [0, 0.1) is 6.92 Å². The van der Waals surface area contributed by atoms with E-state index in [1.807, 2.05) is 7.05 Å². The van der Waals surface area contributed by atoms with E-state index in [2.05, 4.69) is 153 Å². The second kappa shape index (κ2) is 14.5. The lowest BCUT2D eigenvalue weighted by atomic mass is 9.76. The Labute approximate surface area is 275 Å². The highest BCUT2D eigenvalue weighted by atomic mass is 31.1. The Balaban J connectivity index is 1.97. The fraction of sp³-hybridized carbons (Fsp3) is 0.405. The molecule has 0 heterocycles. The van der Waals surface area contributed by atoms with Crippen molar-refractivity contribution in [3.63, 3.8) is 0 Å². The van der Waals surface area contributed by atoms with E-state index in [1.165, 1.54) is 38.7 Å². The minimum atomic E-state index is -0.139. The van der Waals surface area contributed by atoms with Crippen molar-refractivity contribution in [2.45, 2.75) is 104 Å². The van der Waals surface area contributed by atoms with Gasteiger partial charge in [0.2, 0.25) is 0 Å². The van der Waals surface area contributed by atoms with E-state index < -0.39 is 0 Å². The molecule has 4 aromatic rings. The molecule has 2 atom stereocenters. The number of aliphatic imine (C=N–C) groups is 1. The summed E-state index contributed by atoms with van der Waals surface area (Å²) in [5.74, 6) is 1.06. The molecule has 238 valence electrons. The van der Waals surface area contributed by atoms with Gasteiger partial charge in [-0.1, -0.05) is 168 Å². The highest BCUT2D eigenvalue weighted by molar-refractivity contribution is 7.49. The molecule has 4 rings (SSSR count). The molecule has 0 aromatic heterocycles. The molecule has 0 aliphatic rings. The molecule has 2 nitrogen and oxygen atoms in total. The highest BCUT2D eigenvalue weighted by Gasteiger charge is 2.36. The van der Waals surface area contributed by atoms with Gasteiger partial charge in [0.1, 0.15) is 12.4 Å². The summed E-state index contributed by atoms with van der Waals surface area (Å²) in [6.45, 7) is 21.6. The van der Waals surface area contributed by atoms with Crippen LogP contribution < -0.4 is 10.0 Å². The largest absolute Gasteiger partial charge is 0.488 e. The third-order valence-electron chi connectivity index (χ3n) is 8.81. The first-order chi connectivity index (χ1) is 21.3. The summed E-state index contributed by atoms with van der Waals surface area (Å²) in [7, 11) is 2.46. The van der Waals surface area contributed by atoms with Gasteiger partial charge in [-0.15, -0.1) is 0 Å². The number of benzene rings is 4. The molecule has 4 aromatic carbocycles. The maximum absolute atomic E-state index is 6.99. The van der Waals surface area contributed by atoms with Crippen LogP contribution in [0.1, 0.15) is 114 Å². The summed E-state index contributed by atoms with van der Waals surface area (Å²) in [6.07, 6.45) is 3.39. The number of hydrogen-bond acceptors (Lipinski definition) is 2. The van der Waals surface area contributed by atoms with E-state index in [4.69, 9.17) is 9.73 Å². The maximum atomic E-state index is 6.99. The number of hydrogen-bond donors (Lipinski definition) is 0. The van der Waals surface area contributed by atoms with Crippen LogP contribution in [-0.4, -0.2) is 12.8 Å². The molecule has 45 heavy (non-hydrogen) atoms. The van der Waals surface area contributed by atoms with E-state index in [1.54, 1.807) is 0 Å². The van der Waals surface area contributed by atoms with Crippen LogP contribution >= 0.6 is 8.58 Å². The molecule has 0 radical (unpaired) electrons. The SMILES string of the molecule is CCCCC(C)(Pc1c(C)cccc1C(=NC)c1ccccc1)c1cc(C(C)(C)C)cc(C(C)(C)C)c1OCc1ccccc1. The van der Waals surface area contributed by atoms with Crippen molar-refractivity contribution in [2.75, 3.05) is 7.05 Å². The lowest BCUT2D eigenvalue weighted by molar-refractivity contribution is 0.290. The molecule has 3 heteroatoms. The number of unbranched alkanes of at least 4 members (excludes halogenated alkanes) is 1. The highest BCUT2D eigenvalue weighted by Crippen LogP contribution is 2.52. The van der Waals surface area contributed by atoms with Gasteiger partial charge >= 0.3 is 0 Å². The van der Waals surface area contributed by atoms with Gasteiger partial charge in [-0.2, -0.15) is 0 Å². The monoisotopic (exact) mass is 619 g/mol. The van der Waals surface area contributed by atoms with E-state index in [0.717, 1.165) is 36.3 Å². The number of nitrogens with zero attached hydrogens (tertiary/aromatic N) is 1. The van der Waals surface area contributed by atoms with Crippen molar-refractivity contribution in [2.24, 2.45) is 4.99 Å². The smallest absolute Gasteiger partial charge is 0.127 e. The zero-order valence-corrected chi connectivity index (χ0v) is 30.3. The number of rotatable bonds is 11. The first kappa shape index (κ1) is 34.6. The lowest BCUT2D eigenvalue weighted by Gasteiger charge is -2.37. The van der Waals surface area contributed by atoms with E-state index in [-0.39, 0.29) is 16.0 Å². The van der Waals surface area contributed by atoms with E-state index >= 15 is 0 Å². The summed E-state index contributed by atoms with van der Waals surface area (Å²) in [5, 5.41) is 1.26. The molecule has 2 unspecified atom stereocenters. The van der Waals surface area contributed by atoms with Gasteiger partial charge in [0.05, 0.1) is 5.71 Å². The average molecular weight is 620 g/mol. The van der Waals surface area contributed by atoms with E-state index in [0.29, 0.717) is 15.2 Å². The zero-order chi connectivity index (χ0) is 32.8. The Morgan fingerprint density at radius 3 is 1.96 bits per heavy atom. The second-order valence-electron chi connectivity index (χ2n) is 14.7. The molecule has 0 N–H and O–H groups in total. The molecule has 0 saturated carbocycles. The van der Waals surface area contributed by atoms with Gasteiger partial charge in [-0.3, -0.25) is 4.99 Å².